The summed E-state index contributed by atoms with van der Waals surface area (Å²) in [5, 5.41) is 2.62. The van der Waals surface area contributed by atoms with Gasteiger partial charge in [-0.05, 0) is 12.5 Å². The number of thiocarbonyl (C=S) groups is 1. The van der Waals surface area contributed by atoms with Crippen molar-refractivity contribution >= 4 is 23.1 Å². The van der Waals surface area contributed by atoms with E-state index in [1.807, 2.05) is 0 Å². The van der Waals surface area contributed by atoms with Crippen molar-refractivity contribution in [2.24, 2.45) is 11.7 Å². The van der Waals surface area contributed by atoms with Gasteiger partial charge in [0.1, 0.15) is 0 Å². The molecule has 82 valence electrons. The Kier molecular flexibility index (Phi) is 7.18. The molecular weight excluding hydrogens is 208 g/mol. The Bertz CT molecular complexity index is 284. The lowest BCUT2D eigenvalue weighted by Gasteiger charge is -2.05. The molecule has 0 saturated carbocycles. The molecule has 0 aromatic carbocycles. The monoisotopic (exact) mass is 224 g/mol. The number of carbonyl (C=O) groups is 1. The summed E-state index contributed by atoms with van der Waals surface area (Å²) in [6, 6.07) is 0. The van der Waals surface area contributed by atoms with E-state index in [1.54, 1.807) is 18.2 Å². The summed E-state index contributed by atoms with van der Waals surface area (Å²) in [4.78, 5) is 11.5. The molecule has 15 heavy (non-hydrogen) atoms. The molecule has 1 atom stereocenters. The summed E-state index contributed by atoms with van der Waals surface area (Å²) in [6.45, 7) is 7.57. The average molecular weight is 224 g/mol. The molecule has 0 aromatic heterocycles. The first kappa shape index (κ1) is 13.6. The number of amides is 1. The lowest BCUT2D eigenvalue weighted by molar-refractivity contribution is -0.116. The fourth-order valence-electron chi connectivity index (χ4n) is 0.882. The molecule has 0 aliphatic rings. The van der Waals surface area contributed by atoms with Crippen molar-refractivity contribution in [1.29, 1.82) is 0 Å². The van der Waals surface area contributed by atoms with Gasteiger partial charge in [-0.3, -0.25) is 4.79 Å². The first-order chi connectivity index (χ1) is 7.11. The maximum atomic E-state index is 11.1. The molecule has 0 aromatic rings. The van der Waals surface area contributed by atoms with Gasteiger partial charge in [-0.15, -0.1) is 13.2 Å². The first-order valence-corrected chi connectivity index (χ1v) is 4.99. The Hall–Kier alpha value is -1.42. The van der Waals surface area contributed by atoms with E-state index < -0.39 is 0 Å². The van der Waals surface area contributed by atoms with Gasteiger partial charge in [0.25, 0.3) is 0 Å². The smallest absolute Gasteiger partial charge is 0.243 e. The first-order valence-electron chi connectivity index (χ1n) is 4.59. The molecule has 4 heteroatoms. The van der Waals surface area contributed by atoms with Gasteiger partial charge < -0.3 is 11.1 Å². The van der Waals surface area contributed by atoms with Crippen LogP contribution < -0.4 is 11.1 Å². The highest BCUT2D eigenvalue weighted by Gasteiger charge is 2.04. The molecule has 0 aliphatic heterocycles. The Morgan fingerprint density at radius 3 is 2.67 bits per heavy atom. The van der Waals surface area contributed by atoms with Gasteiger partial charge in [-0.25, -0.2) is 0 Å². The predicted octanol–water partition coefficient (Wildman–Crippen LogP) is 1.32. The standard InChI is InChI=1S/C11H16N2OS/c1-3-8-13-10(14)7-5-6-9(4-2)11(12)15/h3-5,7,9H,1-2,6,8H2,(H2,12,15)(H,13,14)/b7-5+. The fraction of sp³-hybridized carbons (Fsp3) is 0.273. The molecule has 0 rings (SSSR count). The van der Waals surface area contributed by atoms with Crippen molar-refractivity contribution in [1.82, 2.24) is 5.32 Å². The fourth-order valence-corrected chi connectivity index (χ4v) is 1.07. The average Bonchev–Trinajstić information content (AvgIpc) is 2.20. The van der Waals surface area contributed by atoms with Crippen molar-refractivity contribution in [3.8, 4) is 0 Å². The van der Waals surface area contributed by atoms with Crippen LogP contribution >= 0.6 is 12.2 Å². The van der Waals surface area contributed by atoms with E-state index in [4.69, 9.17) is 18.0 Å². The number of carbonyl (C=O) groups excluding carboxylic acids is 1. The minimum absolute atomic E-state index is 0.0524. The van der Waals surface area contributed by atoms with Crippen LogP contribution in [-0.2, 0) is 4.79 Å². The summed E-state index contributed by atoms with van der Waals surface area (Å²) in [7, 11) is 0. The van der Waals surface area contributed by atoms with Gasteiger partial charge in [0, 0.05) is 12.5 Å². The third kappa shape index (κ3) is 6.62. The molecule has 3 N–H and O–H groups in total. The summed E-state index contributed by atoms with van der Waals surface area (Å²) < 4.78 is 0. The molecule has 0 saturated heterocycles. The van der Waals surface area contributed by atoms with Crippen LogP contribution in [0, 0.1) is 5.92 Å². The number of hydrogen-bond acceptors (Lipinski definition) is 2. The molecule has 1 amide bonds. The van der Waals surface area contributed by atoms with Crippen LogP contribution in [0.3, 0.4) is 0 Å². The SMILES string of the molecule is C=CCNC(=O)/C=C/CC(C=C)C(N)=S. The van der Waals surface area contributed by atoms with E-state index in [2.05, 4.69) is 18.5 Å². The highest BCUT2D eigenvalue weighted by molar-refractivity contribution is 7.80. The van der Waals surface area contributed by atoms with Crippen LogP contribution in [-0.4, -0.2) is 17.4 Å². The zero-order valence-corrected chi connectivity index (χ0v) is 9.43. The van der Waals surface area contributed by atoms with Crippen molar-refractivity contribution in [2.75, 3.05) is 6.54 Å². The molecule has 0 radical (unpaired) electrons. The quantitative estimate of drug-likeness (QED) is 0.389. The summed E-state index contributed by atoms with van der Waals surface area (Å²) in [5.41, 5.74) is 5.46. The summed E-state index contributed by atoms with van der Waals surface area (Å²) in [5.74, 6) is -0.205. The number of allylic oxidation sites excluding steroid dienone is 1. The van der Waals surface area contributed by atoms with E-state index in [0.717, 1.165) is 0 Å². The predicted molar refractivity (Wildman–Crippen MR) is 67.4 cm³/mol. The number of hydrogen-bond donors (Lipinski definition) is 2. The maximum Gasteiger partial charge on any atom is 0.243 e. The van der Waals surface area contributed by atoms with E-state index >= 15 is 0 Å². The van der Waals surface area contributed by atoms with Gasteiger partial charge in [0.05, 0.1) is 4.99 Å². The second kappa shape index (κ2) is 7.94. The third-order valence-electron chi connectivity index (χ3n) is 1.73. The van der Waals surface area contributed by atoms with Gasteiger partial charge in [0.2, 0.25) is 5.91 Å². The molecule has 0 spiro atoms. The normalized spacial score (nSPS) is 12.0. The van der Waals surface area contributed by atoms with E-state index in [0.29, 0.717) is 18.0 Å². The van der Waals surface area contributed by atoms with Crippen molar-refractivity contribution in [2.45, 2.75) is 6.42 Å². The van der Waals surface area contributed by atoms with E-state index in [1.165, 1.54) is 6.08 Å². The van der Waals surface area contributed by atoms with Crippen molar-refractivity contribution < 1.29 is 4.79 Å². The zero-order chi connectivity index (χ0) is 11.7. The van der Waals surface area contributed by atoms with Crippen LogP contribution in [0.5, 0.6) is 0 Å². The van der Waals surface area contributed by atoms with Gasteiger partial charge >= 0.3 is 0 Å². The maximum absolute atomic E-state index is 11.1. The molecule has 0 fully saturated rings. The minimum atomic E-state index is -0.152. The molecule has 0 aliphatic carbocycles. The van der Waals surface area contributed by atoms with Crippen molar-refractivity contribution in [3.63, 3.8) is 0 Å². The number of nitrogens with one attached hydrogen (secondary N) is 1. The molecule has 3 nitrogen and oxygen atoms in total. The molecular formula is C11H16N2OS. The Morgan fingerprint density at radius 1 is 1.53 bits per heavy atom. The molecule has 0 bridgehead atoms. The topological polar surface area (TPSA) is 55.1 Å². The van der Waals surface area contributed by atoms with Gasteiger partial charge in [-0.2, -0.15) is 0 Å². The van der Waals surface area contributed by atoms with Crippen LogP contribution in [0.15, 0.2) is 37.5 Å². The van der Waals surface area contributed by atoms with Crippen LogP contribution in [0.4, 0.5) is 0 Å². The second-order valence-electron chi connectivity index (χ2n) is 2.92. The van der Waals surface area contributed by atoms with E-state index in [-0.39, 0.29) is 11.8 Å². The zero-order valence-electron chi connectivity index (χ0n) is 8.61. The molecule has 1 unspecified atom stereocenters. The highest BCUT2D eigenvalue weighted by atomic mass is 32.1. The third-order valence-corrected chi connectivity index (χ3v) is 2.03. The lowest BCUT2D eigenvalue weighted by atomic mass is 10.1. The van der Waals surface area contributed by atoms with Crippen LogP contribution in [0.25, 0.3) is 0 Å². The Morgan fingerprint density at radius 2 is 2.20 bits per heavy atom. The number of nitrogens with two attached hydrogens (primary N) is 1. The van der Waals surface area contributed by atoms with Gasteiger partial charge in [-0.1, -0.05) is 30.4 Å². The van der Waals surface area contributed by atoms with Crippen molar-refractivity contribution in [3.05, 3.63) is 37.5 Å². The second-order valence-corrected chi connectivity index (χ2v) is 3.39. The largest absolute Gasteiger partial charge is 0.393 e. The Labute approximate surface area is 95.7 Å². The summed E-state index contributed by atoms with van der Waals surface area (Å²) >= 11 is 4.82. The molecule has 0 heterocycles. The Balaban J connectivity index is 3.96. The van der Waals surface area contributed by atoms with E-state index in [9.17, 15) is 4.79 Å². The lowest BCUT2D eigenvalue weighted by Crippen LogP contribution is -2.21. The summed E-state index contributed by atoms with van der Waals surface area (Å²) in [6.07, 6.45) is 7.07. The van der Waals surface area contributed by atoms with Gasteiger partial charge in [0.15, 0.2) is 0 Å². The highest BCUT2D eigenvalue weighted by Crippen LogP contribution is 2.05. The number of rotatable bonds is 7. The minimum Gasteiger partial charge on any atom is -0.393 e. The van der Waals surface area contributed by atoms with Crippen LogP contribution in [0.2, 0.25) is 0 Å². The van der Waals surface area contributed by atoms with Crippen LogP contribution in [0.1, 0.15) is 6.42 Å².